The monoisotopic (exact) mass is 291 g/mol. The van der Waals surface area contributed by atoms with Gasteiger partial charge < -0.3 is 4.74 Å². The number of hydrogen-bond donors (Lipinski definition) is 0. The number of pyridine rings is 1. The number of fused-ring (bicyclic) bond motifs is 1. The Labute approximate surface area is 129 Å². The average molecular weight is 291 g/mol. The molecule has 0 fully saturated rings. The molecule has 3 rings (SSSR count). The Morgan fingerprint density at radius 2 is 1.73 bits per heavy atom. The number of rotatable bonds is 2. The van der Waals surface area contributed by atoms with Crippen molar-refractivity contribution >= 4 is 16.7 Å². The highest BCUT2D eigenvalue weighted by Crippen LogP contribution is 2.30. The number of methoxy groups -OCH3 is 1. The highest BCUT2D eigenvalue weighted by atomic mass is 16.5. The summed E-state index contributed by atoms with van der Waals surface area (Å²) in [7, 11) is 1.40. The fourth-order valence-corrected chi connectivity index (χ4v) is 2.76. The molecule has 3 nitrogen and oxygen atoms in total. The van der Waals surface area contributed by atoms with E-state index in [1.54, 1.807) is 6.07 Å². The van der Waals surface area contributed by atoms with Crippen molar-refractivity contribution in [3.05, 3.63) is 65.5 Å². The second-order valence-corrected chi connectivity index (χ2v) is 5.37. The number of esters is 1. The Hall–Kier alpha value is -2.68. The summed E-state index contributed by atoms with van der Waals surface area (Å²) < 4.78 is 4.82. The number of carbonyl (C=O) groups is 1. The predicted molar refractivity (Wildman–Crippen MR) is 88.0 cm³/mol. The van der Waals surface area contributed by atoms with E-state index in [0.29, 0.717) is 5.56 Å². The molecule has 0 amide bonds. The maximum absolute atomic E-state index is 11.8. The Morgan fingerprint density at radius 1 is 1.00 bits per heavy atom. The number of hydrogen-bond acceptors (Lipinski definition) is 3. The van der Waals surface area contributed by atoms with Crippen LogP contribution in [0.3, 0.4) is 0 Å². The van der Waals surface area contributed by atoms with Crippen LogP contribution in [0, 0.1) is 13.8 Å². The molecule has 0 spiro atoms. The predicted octanol–water partition coefficient (Wildman–Crippen LogP) is 4.31. The summed E-state index contributed by atoms with van der Waals surface area (Å²) in [5.41, 5.74) is 4.73. The van der Waals surface area contributed by atoms with Crippen LogP contribution in [0.1, 0.15) is 21.7 Å². The molecule has 0 atom stereocenters. The molecule has 1 aromatic heterocycles. The molecule has 0 radical (unpaired) electrons. The van der Waals surface area contributed by atoms with Crippen molar-refractivity contribution in [1.29, 1.82) is 0 Å². The van der Waals surface area contributed by atoms with Crippen LogP contribution in [0.15, 0.2) is 48.5 Å². The van der Waals surface area contributed by atoms with E-state index in [0.717, 1.165) is 33.3 Å². The van der Waals surface area contributed by atoms with Crippen LogP contribution >= 0.6 is 0 Å². The van der Waals surface area contributed by atoms with Crippen molar-refractivity contribution in [2.24, 2.45) is 0 Å². The maximum atomic E-state index is 11.8. The van der Waals surface area contributed by atoms with Crippen LogP contribution < -0.4 is 0 Å². The average Bonchev–Trinajstić information content (AvgIpc) is 2.52. The van der Waals surface area contributed by atoms with Gasteiger partial charge in [-0.15, -0.1) is 0 Å². The zero-order chi connectivity index (χ0) is 15.7. The molecule has 0 N–H and O–H groups in total. The van der Waals surface area contributed by atoms with E-state index in [1.807, 2.05) is 38.1 Å². The van der Waals surface area contributed by atoms with Crippen LogP contribution in [0.2, 0.25) is 0 Å². The van der Waals surface area contributed by atoms with Gasteiger partial charge in [-0.1, -0.05) is 24.3 Å². The van der Waals surface area contributed by atoms with Gasteiger partial charge in [0.1, 0.15) is 0 Å². The van der Waals surface area contributed by atoms with Crippen LogP contribution in [0.25, 0.3) is 21.9 Å². The second-order valence-electron chi connectivity index (χ2n) is 5.37. The summed E-state index contributed by atoms with van der Waals surface area (Å²) in [6.45, 7) is 3.98. The molecule has 0 bridgehead atoms. The molecular formula is C19H17NO2. The maximum Gasteiger partial charge on any atom is 0.337 e. The number of benzene rings is 2. The minimum absolute atomic E-state index is 0.321. The van der Waals surface area contributed by atoms with Gasteiger partial charge in [-0.25, -0.2) is 4.79 Å². The second kappa shape index (κ2) is 5.60. The SMILES string of the molecule is COC(=O)c1ccc2cccc(-c3cc(C)nc(C)c3)c2c1. The first-order valence-electron chi connectivity index (χ1n) is 7.15. The Kier molecular flexibility index (Phi) is 3.63. The molecule has 3 heteroatoms. The van der Waals surface area contributed by atoms with Crippen molar-refractivity contribution in [2.45, 2.75) is 13.8 Å². The first kappa shape index (κ1) is 14.3. The largest absolute Gasteiger partial charge is 0.465 e. The first-order valence-corrected chi connectivity index (χ1v) is 7.15. The molecule has 3 aromatic rings. The molecule has 22 heavy (non-hydrogen) atoms. The molecule has 110 valence electrons. The molecule has 0 aliphatic carbocycles. The van der Waals surface area contributed by atoms with E-state index in [4.69, 9.17) is 4.74 Å². The van der Waals surface area contributed by atoms with Crippen molar-refractivity contribution in [3.8, 4) is 11.1 Å². The van der Waals surface area contributed by atoms with Crippen LogP contribution in [-0.2, 0) is 4.74 Å². The fraction of sp³-hybridized carbons (Fsp3) is 0.158. The van der Waals surface area contributed by atoms with Crippen molar-refractivity contribution in [3.63, 3.8) is 0 Å². The van der Waals surface area contributed by atoms with E-state index in [2.05, 4.69) is 23.2 Å². The highest BCUT2D eigenvalue weighted by Gasteiger charge is 2.10. The lowest BCUT2D eigenvalue weighted by molar-refractivity contribution is 0.0601. The summed E-state index contributed by atoms with van der Waals surface area (Å²) in [4.78, 5) is 16.2. The minimum Gasteiger partial charge on any atom is -0.465 e. The van der Waals surface area contributed by atoms with E-state index in [-0.39, 0.29) is 5.97 Å². The zero-order valence-corrected chi connectivity index (χ0v) is 12.9. The quantitative estimate of drug-likeness (QED) is 0.661. The summed E-state index contributed by atoms with van der Waals surface area (Å²) in [6, 6.07) is 15.9. The Balaban J connectivity index is 2.26. The molecular weight excluding hydrogens is 274 g/mol. The molecule has 0 saturated carbocycles. The minimum atomic E-state index is -0.321. The van der Waals surface area contributed by atoms with E-state index in [1.165, 1.54) is 7.11 Å². The first-order chi connectivity index (χ1) is 10.6. The summed E-state index contributed by atoms with van der Waals surface area (Å²) in [6.07, 6.45) is 0. The van der Waals surface area contributed by atoms with Crippen LogP contribution in [0.4, 0.5) is 0 Å². The topological polar surface area (TPSA) is 39.2 Å². The van der Waals surface area contributed by atoms with Gasteiger partial charge >= 0.3 is 5.97 Å². The molecule has 2 aromatic carbocycles. The molecule has 1 heterocycles. The molecule has 0 unspecified atom stereocenters. The Bertz CT molecular complexity index is 848. The van der Waals surface area contributed by atoms with Gasteiger partial charge in [0.2, 0.25) is 0 Å². The van der Waals surface area contributed by atoms with Crippen LogP contribution in [-0.4, -0.2) is 18.1 Å². The third kappa shape index (κ3) is 2.58. The van der Waals surface area contributed by atoms with Crippen molar-refractivity contribution in [2.75, 3.05) is 7.11 Å². The summed E-state index contributed by atoms with van der Waals surface area (Å²) in [5, 5.41) is 2.13. The number of ether oxygens (including phenoxy) is 1. The third-order valence-electron chi connectivity index (χ3n) is 3.70. The molecule has 0 saturated heterocycles. The lowest BCUT2D eigenvalue weighted by Gasteiger charge is -2.10. The molecule has 0 aliphatic rings. The zero-order valence-electron chi connectivity index (χ0n) is 12.9. The lowest BCUT2D eigenvalue weighted by atomic mass is 9.96. The summed E-state index contributed by atoms with van der Waals surface area (Å²) in [5.74, 6) is -0.321. The van der Waals surface area contributed by atoms with Gasteiger partial charge in [0.25, 0.3) is 0 Å². The number of nitrogens with zero attached hydrogens (tertiary/aromatic N) is 1. The number of carbonyl (C=O) groups excluding carboxylic acids is 1. The normalized spacial score (nSPS) is 10.7. The lowest BCUT2D eigenvalue weighted by Crippen LogP contribution is -2.00. The van der Waals surface area contributed by atoms with Gasteiger partial charge in [-0.2, -0.15) is 0 Å². The van der Waals surface area contributed by atoms with E-state index >= 15 is 0 Å². The fourth-order valence-electron chi connectivity index (χ4n) is 2.76. The van der Waals surface area contributed by atoms with Gasteiger partial charge in [0.05, 0.1) is 12.7 Å². The smallest absolute Gasteiger partial charge is 0.337 e. The van der Waals surface area contributed by atoms with Crippen molar-refractivity contribution < 1.29 is 9.53 Å². The Morgan fingerprint density at radius 3 is 2.41 bits per heavy atom. The third-order valence-corrected chi connectivity index (χ3v) is 3.70. The van der Waals surface area contributed by atoms with Gasteiger partial charge in [-0.05, 0) is 60.0 Å². The van der Waals surface area contributed by atoms with E-state index < -0.39 is 0 Å². The number of aryl methyl sites for hydroxylation is 2. The van der Waals surface area contributed by atoms with E-state index in [9.17, 15) is 4.79 Å². The molecule has 0 aliphatic heterocycles. The standard InChI is InChI=1S/C19H17NO2/c1-12-9-16(10-13(2)20-12)17-6-4-5-14-7-8-15(11-18(14)17)19(21)22-3/h4-11H,1-3H3. The van der Waals surface area contributed by atoms with Crippen LogP contribution in [0.5, 0.6) is 0 Å². The van der Waals surface area contributed by atoms with Crippen molar-refractivity contribution in [1.82, 2.24) is 4.98 Å². The number of aromatic nitrogens is 1. The summed E-state index contributed by atoms with van der Waals surface area (Å²) >= 11 is 0. The highest BCUT2D eigenvalue weighted by molar-refractivity contribution is 6.01. The van der Waals surface area contributed by atoms with Gasteiger partial charge in [0.15, 0.2) is 0 Å². The van der Waals surface area contributed by atoms with Gasteiger partial charge in [0, 0.05) is 11.4 Å². The van der Waals surface area contributed by atoms with Gasteiger partial charge in [-0.3, -0.25) is 4.98 Å².